The van der Waals surface area contributed by atoms with Crippen molar-refractivity contribution in [2.45, 2.75) is 29.7 Å². The molecule has 1 aliphatic rings. The molecule has 0 saturated carbocycles. The summed E-state index contributed by atoms with van der Waals surface area (Å²) in [5, 5.41) is 3.07. The summed E-state index contributed by atoms with van der Waals surface area (Å²) in [4.78, 5) is 32.0. The largest absolute Gasteiger partial charge is 0.360 e. The Morgan fingerprint density at radius 2 is 1.77 bits per heavy atom. The number of carbonyl (C=O) groups is 2. The summed E-state index contributed by atoms with van der Waals surface area (Å²) in [6.07, 6.45) is 0.792. The number of aliphatic imine (C=N–C) groups is 1. The number of rotatable bonds is 6. The highest BCUT2D eigenvalue weighted by Crippen LogP contribution is 2.34. The van der Waals surface area contributed by atoms with Gasteiger partial charge in [0.15, 0.2) is 6.17 Å². The summed E-state index contributed by atoms with van der Waals surface area (Å²) >= 11 is 18.5. The minimum Gasteiger partial charge on any atom is -0.360 e. The zero-order chi connectivity index (χ0) is 21.9. The van der Waals surface area contributed by atoms with E-state index >= 15 is 0 Å². The zero-order valence-corrected chi connectivity index (χ0v) is 18.7. The first-order valence-corrected chi connectivity index (χ1v) is 10.5. The van der Waals surface area contributed by atoms with Crippen LogP contribution in [0, 0.1) is 0 Å². The Bertz CT molecular complexity index is 960. The zero-order valence-electron chi connectivity index (χ0n) is 16.5. The van der Waals surface area contributed by atoms with Crippen molar-refractivity contribution in [2.24, 2.45) is 4.99 Å². The standard InChI is InChI=1S/C21H21Cl3N4O2/c1-3-8-14-9-7-10-15(13-14)25-19(21(22,23)24)26-17-18(29)27(2)20(30)28(17)16-11-5-4-6-12-16/h4-7,9-13,19,25H,3,8H2,1-2H3. The normalized spacial score (nSPS) is 17.0. The second kappa shape index (κ2) is 9.25. The number of para-hydroxylation sites is 1. The van der Waals surface area contributed by atoms with E-state index in [-0.39, 0.29) is 5.84 Å². The number of anilines is 2. The Morgan fingerprint density at radius 3 is 2.40 bits per heavy atom. The van der Waals surface area contributed by atoms with Gasteiger partial charge in [0.1, 0.15) is 0 Å². The van der Waals surface area contributed by atoms with Crippen molar-refractivity contribution >= 4 is 64.0 Å². The van der Waals surface area contributed by atoms with Crippen molar-refractivity contribution in [1.82, 2.24) is 4.90 Å². The Labute approximate surface area is 190 Å². The van der Waals surface area contributed by atoms with Gasteiger partial charge in [-0.25, -0.2) is 14.7 Å². The molecular formula is C21H21Cl3N4O2. The molecule has 0 spiro atoms. The van der Waals surface area contributed by atoms with Crippen LogP contribution < -0.4 is 10.2 Å². The summed E-state index contributed by atoms with van der Waals surface area (Å²) in [6.45, 7) is 2.09. The highest BCUT2D eigenvalue weighted by Gasteiger charge is 2.43. The van der Waals surface area contributed by atoms with Crippen molar-refractivity contribution in [3.8, 4) is 0 Å². The van der Waals surface area contributed by atoms with Crippen LogP contribution in [0.1, 0.15) is 18.9 Å². The van der Waals surface area contributed by atoms with Crippen LogP contribution in [-0.4, -0.2) is 39.7 Å². The van der Waals surface area contributed by atoms with Gasteiger partial charge < -0.3 is 5.32 Å². The number of urea groups is 1. The van der Waals surface area contributed by atoms with Gasteiger partial charge >= 0.3 is 6.03 Å². The van der Waals surface area contributed by atoms with Crippen LogP contribution in [0.25, 0.3) is 0 Å². The maximum Gasteiger partial charge on any atom is 0.337 e. The third-order valence-electron chi connectivity index (χ3n) is 4.53. The fraction of sp³-hybridized carbons (Fsp3) is 0.286. The van der Waals surface area contributed by atoms with E-state index in [4.69, 9.17) is 34.8 Å². The number of alkyl halides is 3. The van der Waals surface area contributed by atoms with E-state index in [1.165, 1.54) is 11.9 Å². The fourth-order valence-corrected chi connectivity index (χ4v) is 3.38. The third kappa shape index (κ3) is 4.89. The lowest BCUT2D eigenvalue weighted by atomic mass is 10.1. The smallest absolute Gasteiger partial charge is 0.337 e. The SMILES string of the molecule is CCCc1cccc(NC(N=C2C(=O)N(C)C(=O)N2c2ccccc2)C(Cl)(Cl)Cl)c1. The Kier molecular flexibility index (Phi) is 6.91. The van der Waals surface area contributed by atoms with Gasteiger partial charge in [-0.05, 0) is 36.2 Å². The van der Waals surface area contributed by atoms with Crippen LogP contribution in [0.3, 0.4) is 0 Å². The van der Waals surface area contributed by atoms with Crippen LogP contribution in [0.5, 0.6) is 0 Å². The maximum absolute atomic E-state index is 12.7. The third-order valence-corrected chi connectivity index (χ3v) is 5.15. The molecular weight excluding hydrogens is 447 g/mol. The number of benzene rings is 2. The van der Waals surface area contributed by atoms with Crippen LogP contribution in [0.2, 0.25) is 0 Å². The van der Waals surface area contributed by atoms with Gasteiger partial charge in [0.25, 0.3) is 5.91 Å². The molecule has 1 N–H and O–H groups in total. The van der Waals surface area contributed by atoms with Crippen molar-refractivity contribution < 1.29 is 9.59 Å². The number of carbonyl (C=O) groups excluding carboxylic acids is 2. The van der Waals surface area contributed by atoms with Crippen LogP contribution in [0.4, 0.5) is 16.2 Å². The molecule has 3 rings (SSSR count). The summed E-state index contributed by atoms with van der Waals surface area (Å²) in [7, 11) is 1.38. The minimum absolute atomic E-state index is 0.123. The molecule has 2 aromatic carbocycles. The van der Waals surface area contributed by atoms with E-state index < -0.39 is 21.9 Å². The maximum atomic E-state index is 12.7. The number of nitrogens with one attached hydrogen (secondary N) is 1. The van der Waals surface area contributed by atoms with Crippen molar-refractivity contribution in [3.63, 3.8) is 0 Å². The number of likely N-dealkylation sites (N-methyl/N-ethyl adjacent to an activating group) is 1. The number of hydrogen-bond acceptors (Lipinski definition) is 4. The molecule has 0 radical (unpaired) electrons. The number of halogens is 3. The predicted octanol–water partition coefficient (Wildman–Crippen LogP) is 5.24. The molecule has 3 amide bonds. The monoisotopic (exact) mass is 466 g/mol. The van der Waals surface area contributed by atoms with Gasteiger partial charge in [0, 0.05) is 12.7 Å². The second-order valence-electron chi connectivity index (χ2n) is 6.81. The van der Waals surface area contributed by atoms with Crippen molar-refractivity contribution in [3.05, 3.63) is 60.2 Å². The molecule has 1 atom stereocenters. The van der Waals surface area contributed by atoms with Crippen LogP contribution >= 0.6 is 34.8 Å². The summed E-state index contributed by atoms with van der Waals surface area (Å²) in [5.74, 6) is -0.702. The van der Waals surface area contributed by atoms with Crippen LogP contribution in [0.15, 0.2) is 59.6 Å². The molecule has 1 heterocycles. The lowest BCUT2D eigenvalue weighted by Gasteiger charge is -2.25. The summed E-state index contributed by atoms with van der Waals surface area (Å²) in [6, 6.07) is 15.9. The first kappa shape index (κ1) is 22.4. The van der Waals surface area contributed by atoms with Gasteiger partial charge in [-0.3, -0.25) is 9.69 Å². The first-order valence-electron chi connectivity index (χ1n) is 9.39. The molecule has 30 heavy (non-hydrogen) atoms. The minimum atomic E-state index is -1.87. The van der Waals surface area contributed by atoms with Gasteiger partial charge in [-0.2, -0.15) is 0 Å². The molecule has 1 fully saturated rings. The van der Waals surface area contributed by atoms with Gasteiger partial charge in [0.05, 0.1) is 5.69 Å². The highest BCUT2D eigenvalue weighted by molar-refractivity contribution is 6.68. The number of aryl methyl sites for hydroxylation is 1. The quantitative estimate of drug-likeness (QED) is 0.466. The molecule has 0 bridgehead atoms. The van der Waals surface area contributed by atoms with E-state index in [9.17, 15) is 9.59 Å². The lowest BCUT2D eigenvalue weighted by Crippen LogP contribution is -2.38. The molecule has 1 saturated heterocycles. The predicted molar refractivity (Wildman–Crippen MR) is 123 cm³/mol. The molecule has 0 aromatic heterocycles. The number of imide groups is 1. The summed E-state index contributed by atoms with van der Waals surface area (Å²) < 4.78 is -1.87. The average Bonchev–Trinajstić information content (AvgIpc) is 2.92. The number of nitrogens with zero attached hydrogens (tertiary/aromatic N) is 3. The molecule has 9 heteroatoms. The van der Waals surface area contributed by atoms with Gasteiger partial charge in [-0.1, -0.05) is 78.5 Å². The molecule has 1 unspecified atom stereocenters. The number of amides is 3. The molecule has 158 valence electrons. The van der Waals surface area contributed by atoms with E-state index in [0.29, 0.717) is 11.4 Å². The Hall–Kier alpha value is -2.28. The summed E-state index contributed by atoms with van der Waals surface area (Å²) in [5.41, 5.74) is 2.31. The highest BCUT2D eigenvalue weighted by atomic mass is 35.6. The fourth-order valence-electron chi connectivity index (χ4n) is 3.07. The molecule has 6 nitrogen and oxygen atoms in total. The van der Waals surface area contributed by atoms with Crippen LogP contribution in [-0.2, 0) is 11.2 Å². The Balaban J connectivity index is 2.00. The molecule has 1 aliphatic heterocycles. The van der Waals surface area contributed by atoms with E-state index in [1.807, 2.05) is 24.3 Å². The van der Waals surface area contributed by atoms with Gasteiger partial charge in [-0.15, -0.1) is 0 Å². The lowest BCUT2D eigenvalue weighted by molar-refractivity contribution is -0.119. The van der Waals surface area contributed by atoms with E-state index in [0.717, 1.165) is 23.3 Å². The topological polar surface area (TPSA) is 65.0 Å². The Morgan fingerprint density at radius 1 is 1.07 bits per heavy atom. The van der Waals surface area contributed by atoms with Crippen molar-refractivity contribution in [2.75, 3.05) is 17.3 Å². The molecule has 0 aliphatic carbocycles. The number of hydrogen-bond donors (Lipinski definition) is 1. The second-order valence-corrected chi connectivity index (χ2v) is 9.18. The van der Waals surface area contributed by atoms with Gasteiger partial charge in [0.2, 0.25) is 9.63 Å². The van der Waals surface area contributed by atoms with E-state index in [1.54, 1.807) is 30.3 Å². The van der Waals surface area contributed by atoms with E-state index in [2.05, 4.69) is 17.2 Å². The number of amidine groups is 1. The first-order chi connectivity index (χ1) is 14.2. The van der Waals surface area contributed by atoms with Crippen molar-refractivity contribution in [1.29, 1.82) is 0 Å². The average molecular weight is 468 g/mol. The molecule has 2 aromatic rings.